The Balaban J connectivity index is 2.49. The second kappa shape index (κ2) is 1.97. The van der Waals surface area contributed by atoms with Crippen LogP contribution in [0.4, 0.5) is 0 Å². The second-order valence-electron chi connectivity index (χ2n) is 1.95. The zero-order chi connectivity index (χ0) is 5.11. The van der Waals surface area contributed by atoms with Crippen molar-refractivity contribution in [2.24, 2.45) is 5.92 Å². The van der Waals surface area contributed by atoms with Crippen molar-refractivity contribution >= 4 is 0 Å². The fraction of sp³-hybridized carbons (Fsp3) is 0.429. The fourth-order valence-corrected chi connectivity index (χ4v) is 0.639. The van der Waals surface area contributed by atoms with E-state index in [0.717, 1.165) is 0 Å². The van der Waals surface area contributed by atoms with Gasteiger partial charge in [0.1, 0.15) is 0 Å². The molecule has 1 aliphatic rings. The zero-order valence-electron chi connectivity index (χ0n) is 4.52. The summed E-state index contributed by atoms with van der Waals surface area (Å²) < 4.78 is 0. The molecule has 0 spiro atoms. The van der Waals surface area contributed by atoms with E-state index in [2.05, 4.69) is 25.2 Å². The average molecular weight is 93.1 g/mol. The minimum Gasteiger partial charge on any atom is -0.0834 e. The molecule has 37 valence electrons. The third-order valence-electron chi connectivity index (χ3n) is 1.10. The molecule has 0 bridgehead atoms. The topological polar surface area (TPSA) is 0 Å². The molecule has 0 heterocycles. The van der Waals surface area contributed by atoms with Crippen LogP contribution in [0.3, 0.4) is 0 Å². The lowest BCUT2D eigenvalue weighted by atomic mass is 10.0. The van der Waals surface area contributed by atoms with E-state index in [1.165, 1.54) is 6.42 Å². The summed E-state index contributed by atoms with van der Waals surface area (Å²) in [5.74, 6) is 0.713. The lowest BCUT2D eigenvalue weighted by Gasteiger charge is -2.01. The Morgan fingerprint density at radius 1 is 1.71 bits per heavy atom. The monoisotopic (exact) mass is 93.1 g/mol. The Morgan fingerprint density at radius 3 is 2.86 bits per heavy atom. The van der Waals surface area contributed by atoms with Gasteiger partial charge in [-0.15, -0.1) is 0 Å². The maximum Gasteiger partial charge on any atom is -0.0218 e. The third kappa shape index (κ3) is 1.19. The van der Waals surface area contributed by atoms with E-state index in [4.69, 9.17) is 0 Å². The molecule has 0 fully saturated rings. The summed E-state index contributed by atoms with van der Waals surface area (Å²) in [6.45, 7) is 2.19. The largest absolute Gasteiger partial charge is 0.0834 e. The molecule has 7 heavy (non-hydrogen) atoms. The summed E-state index contributed by atoms with van der Waals surface area (Å²) >= 11 is 0. The van der Waals surface area contributed by atoms with Gasteiger partial charge in [-0.05, 0) is 18.4 Å². The molecule has 0 aromatic carbocycles. The highest BCUT2D eigenvalue weighted by atomic mass is 14.0. The number of hydrogen-bond donors (Lipinski definition) is 0. The number of hydrogen-bond acceptors (Lipinski definition) is 0. The molecule has 0 N–H and O–H groups in total. The van der Waals surface area contributed by atoms with Crippen LogP contribution in [0.5, 0.6) is 0 Å². The molecule has 1 radical (unpaired) electrons. The molecule has 1 aliphatic carbocycles. The smallest absolute Gasteiger partial charge is 0.0218 e. The third-order valence-corrected chi connectivity index (χ3v) is 1.10. The van der Waals surface area contributed by atoms with Gasteiger partial charge >= 0.3 is 0 Å². The average Bonchev–Trinajstić information content (AvgIpc) is 1.69. The van der Waals surface area contributed by atoms with Crippen LogP contribution in [-0.4, -0.2) is 0 Å². The SMILES string of the molecule is CC1C=[C]C=CC1. The first-order chi connectivity index (χ1) is 3.39. The maximum atomic E-state index is 3.03. The van der Waals surface area contributed by atoms with Gasteiger partial charge in [0.15, 0.2) is 0 Å². The summed E-state index contributed by atoms with van der Waals surface area (Å²) in [7, 11) is 0. The van der Waals surface area contributed by atoms with Gasteiger partial charge in [-0.1, -0.05) is 25.2 Å². The van der Waals surface area contributed by atoms with E-state index in [0.29, 0.717) is 5.92 Å². The van der Waals surface area contributed by atoms with E-state index in [9.17, 15) is 0 Å². The van der Waals surface area contributed by atoms with Crippen LogP contribution in [0, 0.1) is 12.0 Å². The van der Waals surface area contributed by atoms with Gasteiger partial charge in [-0.25, -0.2) is 0 Å². The molecular formula is C7H9. The number of rotatable bonds is 0. The molecule has 0 heteroatoms. The molecule has 0 amide bonds. The fourth-order valence-electron chi connectivity index (χ4n) is 0.639. The van der Waals surface area contributed by atoms with Crippen LogP contribution >= 0.6 is 0 Å². The molecule has 0 nitrogen and oxygen atoms in total. The van der Waals surface area contributed by atoms with Gasteiger partial charge in [0.25, 0.3) is 0 Å². The van der Waals surface area contributed by atoms with Crippen LogP contribution in [-0.2, 0) is 0 Å². The predicted molar refractivity (Wildman–Crippen MR) is 30.7 cm³/mol. The predicted octanol–water partition coefficient (Wildman–Crippen LogP) is 1.94. The van der Waals surface area contributed by atoms with Crippen molar-refractivity contribution in [3.05, 3.63) is 24.3 Å². The molecule has 0 aromatic rings. The first-order valence-corrected chi connectivity index (χ1v) is 2.64. The first-order valence-electron chi connectivity index (χ1n) is 2.64. The van der Waals surface area contributed by atoms with Crippen molar-refractivity contribution in [3.63, 3.8) is 0 Å². The molecule has 1 atom stereocenters. The van der Waals surface area contributed by atoms with Crippen LogP contribution in [0.25, 0.3) is 0 Å². The van der Waals surface area contributed by atoms with E-state index in [1.54, 1.807) is 0 Å². The van der Waals surface area contributed by atoms with Crippen molar-refractivity contribution in [1.82, 2.24) is 0 Å². The molecule has 0 saturated carbocycles. The minimum absolute atomic E-state index is 0.713. The molecular weight excluding hydrogens is 84.1 g/mol. The van der Waals surface area contributed by atoms with Crippen molar-refractivity contribution < 1.29 is 0 Å². The summed E-state index contributed by atoms with van der Waals surface area (Å²) in [6, 6.07) is 0. The Morgan fingerprint density at radius 2 is 2.57 bits per heavy atom. The highest BCUT2D eigenvalue weighted by Gasteiger charge is 1.93. The van der Waals surface area contributed by atoms with E-state index in [1.807, 2.05) is 6.08 Å². The minimum atomic E-state index is 0.713. The Labute approximate surface area is 44.5 Å². The van der Waals surface area contributed by atoms with E-state index < -0.39 is 0 Å². The summed E-state index contributed by atoms with van der Waals surface area (Å²) in [6.07, 6.45) is 10.4. The molecule has 0 aromatic heterocycles. The highest BCUT2D eigenvalue weighted by molar-refractivity contribution is 5.03. The second-order valence-corrected chi connectivity index (χ2v) is 1.95. The lowest BCUT2D eigenvalue weighted by Crippen LogP contribution is -1.88. The van der Waals surface area contributed by atoms with Gasteiger partial charge < -0.3 is 0 Å². The zero-order valence-corrected chi connectivity index (χ0v) is 4.52. The van der Waals surface area contributed by atoms with Gasteiger partial charge in [0.2, 0.25) is 0 Å². The van der Waals surface area contributed by atoms with Crippen molar-refractivity contribution in [2.75, 3.05) is 0 Å². The van der Waals surface area contributed by atoms with Crippen molar-refractivity contribution in [1.29, 1.82) is 0 Å². The first kappa shape index (κ1) is 4.63. The molecule has 0 aliphatic heterocycles. The molecule has 1 rings (SSSR count). The lowest BCUT2D eigenvalue weighted by molar-refractivity contribution is 0.734. The molecule has 1 unspecified atom stereocenters. The van der Waals surface area contributed by atoms with Gasteiger partial charge in [-0.3, -0.25) is 0 Å². The van der Waals surface area contributed by atoms with E-state index in [-0.39, 0.29) is 0 Å². The summed E-state index contributed by atoms with van der Waals surface area (Å²) in [5.41, 5.74) is 0. The van der Waals surface area contributed by atoms with Gasteiger partial charge in [0, 0.05) is 0 Å². The van der Waals surface area contributed by atoms with E-state index >= 15 is 0 Å². The number of allylic oxidation sites excluding steroid dienone is 4. The highest BCUT2D eigenvalue weighted by Crippen LogP contribution is 2.07. The van der Waals surface area contributed by atoms with Gasteiger partial charge in [-0.2, -0.15) is 0 Å². The summed E-state index contributed by atoms with van der Waals surface area (Å²) in [4.78, 5) is 0. The Hall–Kier alpha value is -0.520. The Bertz CT molecular complexity index is 98.6. The maximum absolute atomic E-state index is 3.03. The Kier molecular flexibility index (Phi) is 1.30. The quantitative estimate of drug-likeness (QED) is 0.429. The summed E-state index contributed by atoms with van der Waals surface area (Å²) in [5, 5.41) is 0. The van der Waals surface area contributed by atoms with Gasteiger partial charge in [0.05, 0.1) is 0 Å². The van der Waals surface area contributed by atoms with Crippen LogP contribution in [0.1, 0.15) is 13.3 Å². The van der Waals surface area contributed by atoms with Crippen LogP contribution < -0.4 is 0 Å². The van der Waals surface area contributed by atoms with Crippen LogP contribution in [0.2, 0.25) is 0 Å². The van der Waals surface area contributed by atoms with Crippen molar-refractivity contribution in [3.8, 4) is 0 Å². The normalized spacial score (nSPS) is 28.4. The van der Waals surface area contributed by atoms with Crippen molar-refractivity contribution in [2.45, 2.75) is 13.3 Å². The standard InChI is InChI=1S/C7H9/c1-7-5-3-2-4-6-7/h2-3,6-7H,5H2,1H3. The molecule has 0 saturated heterocycles. The van der Waals surface area contributed by atoms with Crippen LogP contribution in [0.15, 0.2) is 18.2 Å².